The number of anilines is 2. The molecule has 0 saturated heterocycles. The van der Waals surface area contributed by atoms with Gasteiger partial charge in [0.2, 0.25) is 0 Å². The van der Waals surface area contributed by atoms with Gasteiger partial charge >= 0.3 is 0 Å². The maximum atomic E-state index is 13.7. The van der Waals surface area contributed by atoms with Crippen molar-refractivity contribution in [3.8, 4) is 17.1 Å². The lowest BCUT2D eigenvalue weighted by molar-refractivity contribution is -0.384. The number of non-ortho nitro benzene ring substituents is 1. The Labute approximate surface area is 197 Å². The second-order valence-electron chi connectivity index (χ2n) is 7.13. The van der Waals surface area contributed by atoms with E-state index in [1.165, 1.54) is 25.3 Å². The predicted octanol–water partition coefficient (Wildman–Crippen LogP) is 6.96. The molecule has 33 heavy (non-hydrogen) atoms. The summed E-state index contributed by atoms with van der Waals surface area (Å²) in [6.45, 7) is 0. The zero-order valence-electron chi connectivity index (χ0n) is 17.2. The number of ether oxygens (including phenoxy) is 1. The molecule has 0 aliphatic carbocycles. The molecule has 0 bridgehead atoms. The second-order valence-corrected chi connectivity index (χ2v) is 8.65. The summed E-state index contributed by atoms with van der Waals surface area (Å²) < 4.78 is 11.2. The van der Waals surface area contributed by atoms with E-state index in [1.54, 1.807) is 40.9 Å². The number of hydrogen-bond acceptors (Lipinski definition) is 6. The normalized spacial score (nSPS) is 12.1. The number of nitrogens with zero attached hydrogens (tertiary/aromatic N) is 2. The molecule has 5 rings (SSSR count). The Morgan fingerprint density at radius 3 is 2.61 bits per heavy atom. The van der Waals surface area contributed by atoms with Crippen LogP contribution in [0.15, 0.2) is 87.0 Å². The smallest absolute Gasteiger partial charge is 0.298 e. The molecule has 0 atom stereocenters. The summed E-state index contributed by atoms with van der Waals surface area (Å²) in [6, 6.07) is 20.3. The van der Waals surface area contributed by atoms with Gasteiger partial charge in [0.05, 0.1) is 29.0 Å². The van der Waals surface area contributed by atoms with Crippen LogP contribution in [-0.2, 0) is 0 Å². The van der Waals surface area contributed by atoms with E-state index in [0.717, 1.165) is 9.79 Å². The van der Waals surface area contributed by atoms with E-state index in [-0.39, 0.29) is 23.1 Å². The number of nitro groups is 1. The van der Waals surface area contributed by atoms with Crippen LogP contribution in [0.3, 0.4) is 0 Å². The fraction of sp³-hybridized carbons (Fsp3) is 0.0417. The topological polar surface area (TPSA) is 85.8 Å². The van der Waals surface area contributed by atoms with Crippen LogP contribution >= 0.6 is 23.4 Å². The number of benzene rings is 3. The largest absolute Gasteiger partial charge is 0.496 e. The standard InChI is InChI=1S/C24H15ClN2O5S/c1-31-19-8-7-15(27(29)30)13-16(19)20-9-10-21(32-20)24(28)26-17-4-2-3-5-22(17)33-23-11-6-14(25)12-18(23)26/h2-13H,1H3. The lowest BCUT2D eigenvalue weighted by Gasteiger charge is -2.30. The first-order chi connectivity index (χ1) is 16.0. The average Bonchev–Trinajstić information content (AvgIpc) is 3.32. The van der Waals surface area contributed by atoms with Crippen molar-refractivity contribution in [1.29, 1.82) is 0 Å². The van der Waals surface area contributed by atoms with Crippen molar-refractivity contribution in [2.75, 3.05) is 12.0 Å². The molecular weight excluding hydrogens is 464 g/mol. The number of amides is 1. The quantitative estimate of drug-likeness (QED) is 0.233. The van der Waals surface area contributed by atoms with Crippen LogP contribution in [-0.4, -0.2) is 17.9 Å². The summed E-state index contributed by atoms with van der Waals surface area (Å²) in [5.74, 6) is 0.365. The Hall–Kier alpha value is -3.75. The van der Waals surface area contributed by atoms with Crippen molar-refractivity contribution >= 4 is 46.3 Å². The number of rotatable bonds is 4. The first-order valence-corrected chi connectivity index (χ1v) is 11.0. The molecule has 1 aliphatic rings. The monoisotopic (exact) mass is 478 g/mol. The Kier molecular flexibility index (Phi) is 5.32. The van der Waals surface area contributed by atoms with Crippen LogP contribution in [0.1, 0.15) is 10.6 Å². The number of carbonyl (C=O) groups excluding carboxylic acids is 1. The van der Waals surface area contributed by atoms with Crippen LogP contribution < -0.4 is 9.64 Å². The number of furan rings is 1. The van der Waals surface area contributed by atoms with E-state index in [9.17, 15) is 14.9 Å². The van der Waals surface area contributed by atoms with Gasteiger partial charge in [0.15, 0.2) is 5.76 Å². The maximum Gasteiger partial charge on any atom is 0.298 e. The number of para-hydroxylation sites is 1. The minimum atomic E-state index is -0.499. The van der Waals surface area contributed by atoms with Gasteiger partial charge in [-0.1, -0.05) is 35.5 Å². The number of hydrogen-bond donors (Lipinski definition) is 0. The van der Waals surface area contributed by atoms with Gasteiger partial charge in [0, 0.05) is 26.9 Å². The molecule has 3 aromatic carbocycles. The van der Waals surface area contributed by atoms with Gasteiger partial charge < -0.3 is 9.15 Å². The number of nitro benzene ring substituents is 1. The van der Waals surface area contributed by atoms with Crippen LogP contribution in [0.5, 0.6) is 5.75 Å². The number of methoxy groups -OCH3 is 1. The Bertz CT molecular complexity index is 1420. The zero-order valence-corrected chi connectivity index (χ0v) is 18.7. The second kappa shape index (κ2) is 8.31. The lowest BCUT2D eigenvalue weighted by atomic mass is 10.1. The van der Waals surface area contributed by atoms with Crippen molar-refractivity contribution in [3.63, 3.8) is 0 Å². The van der Waals surface area contributed by atoms with Crippen molar-refractivity contribution in [1.82, 2.24) is 0 Å². The molecule has 1 amide bonds. The molecule has 164 valence electrons. The Morgan fingerprint density at radius 1 is 1.03 bits per heavy atom. The summed E-state index contributed by atoms with van der Waals surface area (Å²) in [5.41, 5.74) is 1.64. The van der Waals surface area contributed by atoms with Crippen molar-refractivity contribution < 1.29 is 18.9 Å². The van der Waals surface area contributed by atoms with Crippen molar-refractivity contribution in [3.05, 3.63) is 93.7 Å². The highest BCUT2D eigenvalue weighted by molar-refractivity contribution is 7.99. The fourth-order valence-corrected chi connectivity index (χ4v) is 4.86. The molecule has 1 aromatic heterocycles. The SMILES string of the molecule is COc1ccc([N+](=O)[O-])cc1-c1ccc(C(=O)N2c3ccccc3Sc3ccc(Cl)cc32)o1. The first-order valence-electron chi connectivity index (χ1n) is 9.80. The molecule has 0 N–H and O–H groups in total. The Morgan fingerprint density at radius 2 is 1.82 bits per heavy atom. The molecule has 0 spiro atoms. The van der Waals surface area contributed by atoms with E-state index in [0.29, 0.717) is 27.7 Å². The van der Waals surface area contributed by atoms with Gasteiger partial charge in [-0.15, -0.1) is 0 Å². The molecule has 0 fully saturated rings. The summed E-state index contributed by atoms with van der Waals surface area (Å²) in [5, 5.41) is 11.7. The summed E-state index contributed by atoms with van der Waals surface area (Å²) in [6.07, 6.45) is 0. The highest BCUT2D eigenvalue weighted by Gasteiger charge is 2.31. The number of carbonyl (C=O) groups is 1. The first kappa shape index (κ1) is 21.1. The molecule has 4 aromatic rings. The fourth-order valence-electron chi connectivity index (χ4n) is 3.66. The maximum absolute atomic E-state index is 13.7. The third-order valence-electron chi connectivity index (χ3n) is 5.17. The minimum Gasteiger partial charge on any atom is -0.496 e. The highest BCUT2D eigenvalue weighted by Crippen LogP contribution is 2.49. The van der Waals surface area contributed by atoms with E-state index in [4.69, 9.17) is 20.8 Å². The van der Waals surface area contributed by atoms with Gasteiger partial charge in [0.1, 0.15) is 11.5 Å². The van der Waals surface area contributed by atoms with Crippen LogP contribution in [0.4, 0.5) is 17.1 Å². The van der Waals surface area contributed by atoms with Gasteiger partial charge in [-0.25, -0.2) is 0 Å². The molecule has 2 heterocycles. The molecule has 1 aliphatic heterocycles. The Balaban J connectivity index is 1.59. The number of fused-ring (bicyclic) bond motifs is 2. The minimum absolute atomic E-state index is 0.0752. The van der Waals surface area contributed by atoms with Crippen LogP contribution in [0.25, 0.3) is 11.3 Å². The van der Waals surface area contributed by atoms with Crippen LogP contribution in [0, 0.1) is 10.1 Å². The van der Waals surface area contributed by atoms with Crippen molar-refractivity contribution in [2.24, 2.45) is 0 Å². The van der Waals surface area contributed by atoms with E-state index < -0.39 is 4.92 Å². The number of halogens is 1. The third kappa shape index (κ3) is 3.73. The summed E-state index contributed by atoms with van der Waals surface area (Å²) in [7, 11) is 1.46. The van der Waals surface area contributed by atoms with E-state index in [1.807, 2.05) is 30.3 Å². The molecule has 0 radical (unpaired) electrons. The van der Waals surface area contributed by atoms with Crippen molar-refractivity contribution in [2.45, 2.75) is 9.79 Å². The lowest BCUT2D eigenvalue weighted by Crippen LogP contribution is -2.28. The summed E-state index contributed by atoms with van der Waals surface area (Å²) >= 11 is 7.79. The third-order valence-corrected chi connectivity index (χ3v) is 6.53. The van der Waals surface area contributed by atoms with E-state index >= 15 is 0 Å². The van der Waals surface area contributed by atoms with Gasteiger partial charge in [-0.05, 0) is 48.5 Å². The predicted molar refractivity (Wildman–Crippen MR) is 126 cm³/mol. The average molecular weight is 479 g/mol. The molecule has 7 nitrogen and oxygen atoms in total. The van der Waals surface area contributed by atoms with Gasteiger partial charge in [-0.3, -0.25) is 19.8 Å². The summed E-state index contributed by atoms with van der Waals surface area (Å²) in [4.78, 5) is 27.8. The zero-order chi connectivity index (χ0) is 23.1. The highest BCUT2D eigenvalue weighted by atomic mass is 35.5. The molecular formula is C24H15ClN2O5S. The van der Waals surface area contributed by atoms with Gasteiger partial charge in [-0.2, -0.15) is 0 Å². The van der Waals surface area contributed by atoms with E-state index in [2.05, 4.69) is 0 Å². The molecule has 0 unspecified atom stereocenters. The van der Waals surface area contributed by atoms with Crippen LogP contribution in [0.2, 0.25) is 5.02 Å². The molecule has 9 heteroatoms. The van der Waals surface area contributed by atoms with Gasteiger partial charge in [0.25, 0.3) is 11.6 Å². The molecule has 0 saturated carbocycles.